The lowest BCUT2D eigenvalue weighted by molar-refractivity contribution is -0.121. The van der Waals surface area contributed by atoms with Gasteiger partial charge in [-0.25, -0.2) is 9.37 Å². The molecule has 0 saturated heterocycles. The maximum Gasteiger partial charge on any atom is 0.220 e. The Balaban J connectivity index is 1.44. The van der Waals surface area contributed by atoms with E-state index in [1.807, 2.05) is 37.3 Å². The van der Waals surface area contributed by atoms with Crippen molar-refractivity contribution in [3.63, 3.8) is 0 Å². The summed E-state index contributed by atoms with van der Waals surface area (Å²) in [6.07, 6.45) is 3.02. The molecule has 0 aliphatic carbocycles. The molecule has 0 unspecified atom stereocenters. The van der Waals surface area contributed by atoms with Gasteiger partial charge in [0, 0.05) is 24.9 Å². The van der Waals surface area contributed by atoms with Crippen molar-refractivity contribution in [2.75, 3.05) is 6.54 Å². The number of aryl methyl sites for hydroxylation is 2. The predicted octanol–water partition coefficient (Wildman–Crippen LogP) is 4.08. The van der Waals surface area contributed by atoms with Gasteiger partial charge in [0.15, 0.2) is 11.7 Å². The van der Waals surface area contributed by atoms with Crippen LogP contribution in [0.2, 0.25) is 0 Å². The van der Waals surface area contributed by atoms with Crippen molar-refractivity contribution >= 4 is 5.91 Å². The van der Waals surface area contributed by atoms with Crippen LogP contribution in [0.25, 0.3) is 11.3 Å². The van der Waals surface area contributed by atoms with Crippen LogP contribution in [0.3, 0.4) is 0 Å². The minimum absolute atomic E-state index is 0.0727. The minimum Gasteiger partial charge on any atom is -0.441 e. The van der Waals surface area contributed by atoms with Crippen LogP contribution in [0.15, 0.2) is 59.1 Å². The van der Waals surface area contributed by atoms with E-state index in [4.69, 9.17) is 4.42 Å². The number of hydrogen-bond donors (Lipinski definition) is 1. The van der Waals surface area contributed by atoms with Crippen LogP contribution >= 0.6 is 0 Å². The molecule has 0 spiro atoms. The van der Waals surface area contributed by atoms with Crippen LogP contribution in [0.5, 0.6) is 0 Å². The lowest BCUT2D eigenvalue weighted by atomic mass is 10.1. The van der Waals surface area contributed by atoms with Gasteiger partial charge in [0.05, 0.1) is 6.20 Å². The Bertz CT molecular complexity index is 872. The summed E-state index contributed by atoms with van der Waals surface area (Å²) in [4.78, 5) is 16.2. The highest BCUT2D eigenvalue weighted by Crippen LogP contribution is 2.21. The van der Waals surface area contributed by atoms with Crippen molar-refractivity contribution < 1.29 is 13.6 Å². The normalized spacial score (nSPS) is 10.7. The predicted molar refractivity (Wildman–Crippen MR) is 98.1 cm³/mol. The molecule has 0 fully saturated rings. The molecule has 26 heavy (non-hydrogen) atoms. The summed E-state index contributed by atoms with van der Waals surface area (Å²) in [5.74, 6) is 0.908. The molecule has 2 aromatic carbocycles. The standard InChI is InChI=1S/C21H21FN2O2/c1-15-5-7-17(8-6-15)19-14-24-21(26-19)10-9-20(25)23-12-11-16-3-2-4-18(22)13-16/h2-8,13-14H,9-12H2,1H3,(H,23,25). The Hall–Kier alpha value is -2.95. The van der Waals surface area contributed by atoms with Crippen molar-refractivity contribution in [3.05, 3.63) is 77.6 Å². The number of amides is 1. The van der Waals surface area contributed by atoms with Gasteiger partial charge in [-0.1, -0.05) is 42.0 Å². The molecule has 5 heteroatoms. The first-order valence-corrected chi connectivity index (χ1v) is 8.63. The molecule has 1 amide bonds. The fourth-order valence-electron chi connectivity index (χ4n) is 2.62. The first-order valence-electron chi connectivity index (χ1n) is 8.63. The van der Waals surface area contributed by atoms with Crippen LogP contribution in [0, 0.1) is 12.7 Å². The van der Waals surface area contributed by atoms with E-state index in [2.05, 4.69) is 10.3 Å². The first-order chi connectivity index (χ1) is 12.6. The average molecular weight is 352 g/mol. The second kappa shape index (κ2) is 8.43. The van der Waals surface area contributed by atoms with E-state index < -0.39 is 0 Å². The zero-order valence-electron chi connectivity index (χ0n) is 14.7. The Kier molecular flexibility index (Phi) is 5.79. The largest absolute Gasteiger partial charge is 0.441 e. The fourth-order valence-corrected chi connectivity index (χ4v) is 2.62. The molecule has 1 heterocycles. The molecule has 0 aliphatic heterocycles. The van der Waals surface area contributed by atoms with E-state index in [0.29, 0.717) is 37.5 Å². The summed E-state index contributed by atoms with van der Waals surface area (Å²) >= 11 is 0. The average Bonchev–Trinajstić information content (AvgIpc) is 3.10. The lowest BCUT2D eigenvalue weighted by Gasteiger charge is -2.04. The molecular formula is C21H21FN2O2. The number of hydrogen-bond acceptors (Lipinski definition) is 3. The molecular weight excluding hydrogens is 331 g/mol. The highest BCUT2D eigenvalue weighted by molar-refractivity contribution is 5.76. The molecule has 1 aromatic heterocycles. The number of benzene rings is 2. The third-order valence-corrected chi connectivity index (χ3v) is 4.08. The molecule has 4 nitrogen and oxygen atoms in total. The van der Waals surface area contributed by atoms with Crippen LogP contribution in [0.4, 0.5) is 4.39 Å². The van der Waals surface area contributed by atoms with Gasteiger partial charge >= 0.3 is 0 Å². The van der Waals surface area contributed by atoms with E-state index in [0.717, 1.165) is 11.1 Å². The summed E-state index contributed by atoms with van der Waals surface area (Å²) in [5.41, 5.74) is 3.01. The molecule has 0 atom stereocenters. The number of nitrogens with one attached hydrogen (secondary N) is 1. The van der Waals surface area contributed by atoms with Crippen LogP contribution in [-0.4, -0.2) is 17.4 Å². The Morgan fingerprint density at radius 2 is 1.96 bits per heavy atom. The molecule has 0 saturated carbocycles. The van der Waals surface area contributed by atoms with Crippen molar-refractivity contribution in [1.82, 2.24) is 10.3 Å². The van der Waals surface area contributed by atoms with E-state index >= 15 is 0 Å². The summed E-state index contributed by atoms with van der Waals surface area (Å²) < 4.78 is 18.8. The van der Waals surface area contributed by atoms with Gasteiger partial charge in [-0.2, -0.15) is 0 Å². The summed E-state index contributed by atoms with van der Waals surface area (Å²) in [6.45, 7) is 2.50. The van der Waals surface area contributed by atoms with Gasteiger partial charge < -0.3 is 9.73 Å². The van der Waals surface area contributed by atoms with Crippen LogP contribution in [-0.2, 0) is 17.6 Å². The van der Waals surface area contributed by atoms with Crippen LogP contribution in [0.1, 0.15) is 23.4 Å². The SMILES string of the molecule is Cc1ccc(-c2cnc(CCC(=O)NCCc3cccc(F)c3)o2)cc1. The third kappa shape index (κ3) is 5.02. The van der Waals surface area contributed by atoms with Crippen molar-refractivity contribution in [1.29, 1.82) is 0 Å². The summed E-state index contributed by atoms with van der Waals surface area (Å²) in [5, 5.41) is 2.83. The van der Waals surface area contributed by atoms with E-state index in [9.17, 15) is 9.18 Å². The fraction of sp³-hybridized carbons (Fsp3) is 0.238. The second-order valence-corrected chi connectivity index (χ2v) is 6.21. The van der Waals surface area contributed by atoms with Gasteiger partial charge in [-0.05, 0) is 31.0 Å². The van der Waals surface area contributed by atoms with Gasteiger partial charge in [0.1, 0.15) is 5.82 Å². The number of aromatic nitrogens is 1. The van der Waals surface area contributed by atoms with E-state index in [-0.39, 0.29) is 11.7 Å². The second-order valence-electron chi connectivity index (χ2n) is 6.21. The third-order valence-electron chi connectivity index (χ3n) is 4.08. The molecule has 3 aromatic rings. The van der Waals surface area contributed by atoms with Gasteiger partial charge in [0.25, 0.3) is 0 Å². The zero-order chi connectivity index (χ0) is 18.4. The topological polar surface area (TPSA) is 55.1 Å². The van der Waals surface area contributed by atoms with Gasteiger partial charge in [0.2, 0.25) is 5.91 Å². The number of oxazole rings is 1. The maximum absolute atomic E-state index is 13.1. The zero-order valence-corrected chi connectivity index (χ0v) is 14.7. The Morgan fingerprint density at radius 3 is 2.73 bits per heavy atom. The molecule has 0 radical (unpaired) electrons. The number of carbonyl (C=O) groups is 1. The Morgan fingerprint density at radius 1 is 1.15 bits per heavy atom. The molecule has 1 N–H and O–H groups in total. The maximum atomic E-state index is 13.1. The van der Waals surface area contributed by atoms with Crippen molar-refractivity contribution in [2.45, 2.75) is 26.2 Å². The summed E-state index contributed by atoms with van der Waals surface area (Å²) in [6, 6.07) is 14.4. The minimum atomic E-state index is -0.262. The molecule has 3 rings (SSSR count). The smallest absolute Gasteiger partial charge is 0.220 e. The highest BCUT2D eigenvalue weighted by atomic mass is 19.1. The summed E-state index contributed by atoms with van der Waals surface area (Å²) in [7, 11) is 0. The lowest BCUT2D eigenvalue weighted by Crippen LogP contribution is -2.25. The number of halogens is 1. The Labute approximate surface area is 152 Å². The van der Waals surface area contributed by atoms with Gasteiger partial charge in [-0.15, -0.1) is 0 Å². The quantitative estimate of drug-likeness (QED) is 0.697. The number of nitrogens with zero attached hydrogens (tertiary/aromatic N) is 1. The number of rotatable bonds is 7. The highest BCUT2D eigenvalue weighted by Gasteiger charge is 2.09. The molecule has 134 valence electrons. The van der Waals surface area contributed by atoms with Crippen molar-refractivity contribution in [2.24, 2.45) is 0 Å². The monoisotopic (exact) mass is 352 g/mol. The molecule has 0 bridgehead atoms. The number of carbonyl (C=O) groups excluding carboxylic acids is 1. The van der Waals surface area contributed by atoms with Gasteiger partial charge in [-0.3, -0.25) is 4.79 Å². The van der Waals surface area contributed by atoms with E-state index in [1.54, 1.807) is 12.3 Å². The van der Waals surface area contributed by atoms with Crippen LogP contribution < -0.4 is 5.32 Å². The first kappa shape index (κ1) is 17.9. The van der Waals surface area contributed by atoms with Crippen molar-refractivity contribution in [3.8, 4) is 11.3 Å². The van der Waals surface area contributed by atoms with E-state index in [1.165, 1.54) is 17.7 Å². The molecule has 0 aliphatic rings.